The monoisotopic (exact) mass is 252 g/mol. The molecule has 0 saturated heterocycles. The van der Waals surface area contributed by atoms with E-state index in [0.717, 1.165) is 0 Å². The minimum absolute atomic E-state index is 0.134. The zero-order valence-electron chi connectivity index (χ0n) is 9.81. The molecule has 3 amide bonds. The highest BCUT2D eigenvalue weighted by Gasteiger charge is 2.04. The van der Waals surface area contributed by atoms with Crippen molar-refractivity contribution in [3.63, 3.8) is 0 Å². The molecule has 18 heavy (non-hydrogen) atoms. The van der Waals surface area contributed by atoms with E-state index in [0.29, 0.717) is 11.4 Å². The van der Waals surface area contributed by atoms with Crippen LogP contribution in [0.1, 0.15) is 0 Å². The second-order valence-electron chi connectivity index (χ2n) is 3.47. The van der Waals surface area contributed by atoms with Gasteiger partial charge in [-0.05, 0) is 12.1 Å². The molecule has 0 aliphatic rings. The number of urea groups is 1. The molecule has 0 spiro atoms. The van der Waals surface area contributed by atoms with Gasteiger partial charge in [-0.25, -0.2) is 4.79 Å². The lowest BCUT2D eigenvalue weighted by molar-refractivity contribution is -0.123. The van der Waals surface area contributed by atoms with Crippen LogP contribution in [0.5, 0.6) is 5.75 Å². The number of amides is 3. The van der Waals surface area contributed by atoms with Crippen LogP contribution in [0.25, 0.3) is 0 Å². The van der Waals surface area contributed by atoms with Gasteiger partial charge >= 0.3 is 6.03 Å². The molecule has 0 aliphatic heterocycles. The van der Waals surface area contributed by atoms with Gasteiger partial charge in [0.15, 0.2) is 6.61 Å². The molecule has 0 radical (unpaired) electrons. The average molecular weight is 252 g/mol. The Morgan fingerprint density at radius 3 is 2.50 bits per heavy atom. The second kappa shape index (κ2) is 7.00. The van der Waals surface area contributed by atoms with Gasteiger partial charge in [0.1, 0.15) is 5.75 Å². The summed E-state index contributed by atoms with van der Waals surface area (Å²) in [5, 5.41) is 4.90. The SMILES string of the molecule is NC(=O)NCCNC(=O)COc1ccccc1N. The van der Waals surface area contributed by atoms with E-state index in [4.69, 9.17) is 16.2 Å². The first-order chi connectivity index (χ1) is 8.59. The number of hydrogen-bond acceptors (Lipinski definition) is 4. The van der Waals surface area contributed by atoms with Crippen LogP contribution in [0, 0.1) is 0 Å². The molecular formula is C11H16N4O3. The third kappa shape index (κ3) is 5.06. The Morgan fingerprint density at radius 2 is 1.83 bits per heavy atom. The molecule has 1 aromatic rings. The molecule has 0 aromatic heterocycles. The number of ether oxygens (including phenoxy) is 1. The maximum atomic E-state index is 11.4. The first-order valence-corrected chi connectivity index (χ1v) is 5.37. The van der Waals surface area contributed by atoms with Crippen molar-refractivity contribution in [2.75, 3.05) is 25.4 Å². The van der Waals surface area contributed by atoms with Crippen LogP contribution in [0.2, 0.25) is 0 Å². The first-order valence-electron chi connectivity index (χ1n) is 5.37. The largest absolute Gasteiger partial charge is 0.482 e. The van der Waals surface area contributed by atoms with Gasteiger partial charge in [0.05, 0.1) is 5.69 Å². The Bertz CT molecular complexity index is 423. The quantitative estimate of drug-likeness (QED) is 0.400. The molecule has 6 N–H and O–H groups in total. The minimum Gasteiger partial charge on any atom is -0.482 e. The maximum absolute atomic E-state index is 11.4. The van der Waals surface area contributed by atoms with Gasteiger partial charge in [-0.15, -0.1) is 0 Å². The number of carbonyl (C=O) groups excluding carboxylic acids is 2. The third-order valence-electron chi connectivity index (χ3n) is 2.02. The molecular weight excluding hydrogens is 236 g/mol. The number of rotatable bonds is 6. The van der Waals surface area contributed by atoms with Gasteiger partial charge in [0.25, 0.3) is 5.91 Å². The third-order valence-corrected chi connectivity index (χ3v) is 2.02. The van der Waals surface area contributed by atoms with Gasteiger partial charge < -0.3 is 26.8 Å². The molecule has 7 nitrogen and oxygen atoms in total. The Labute approximate surface area is 104 Å². The van der Waals surface area contributed by atoms with Crippen LogP contribution in [-0.4, -0.2) is 31.6 Å². The van der Waals surface area contributed by atoms with Crippen LogP contribution in [0.4, 0.5) is 10.5 Å². The van der Waals surface area contributed by atoms with Crippen LogP contribution < -0.4 is 26.8 Å². The zero-order chi connectivity index (χ0) is 13.4. The van der Waals surface area contributed by atoms with E-state index in [1.54, 1.807) is 24.3 Å². The van der Waals surface area contributed by atoms with Crippen molar-refractivity contribution >= 4 is 17.6 Å². The fourth-order valence-electron chi connectivity index (χ4n) is 1.19. The van der Waals surface area contributed by atoms with E-state index >= 15 is 0 Å². The van der Waals surface area contributed by atoms with Crippen molar-refractivity contribution in [3.8, 4) is 5.75 Å². The molecule has 1 aromatic carbocycles. The topological polar surface area (TPSA) is 119 Å². The lowest BCUT2D eigenvalue weighted by Gasteiger charge is -2.09. The van der Waals surface area contributed by atoms with Crippen molar-refractivity contribution in [2.24, 2.45) is 5.73 Å². The van der Waals surface area contributed by atoms with Crippen molar-refractivity contribution < 1.29 is 14.3 Å². The fraction of sp³-hybridized carbons (Fsp3) is 0.273. The average Bonchev–Trinajstić information content (AvgIpc) is 2.33. The summed E-state index contributed by atoms with van der Waals surface area (Å²) in [7, 11) is 0. The predicted octanol–water partition coefficient (Wildman–Crippen LogP) is -0.568. The van der Waals surface area contributed by atoms with Gasteiger partial charge in [0.2, 0.25) is 0 Å². The number of para-hydroxylation sites is 2. The van der Waals surface area contributed by atoms with Crippen LogP contribution in [0.15, 0.2) is 24.3 Å². The number of benzene rings is 1. The summed E-state index contributed by atoms with van der Waals surface area (Å²) in [6, 6.07) is 6.27. The summed E-state index contributed by atoms with van der Waals surface area (Å²) in [6.45, 7) is 0.425. The van der Waals surface area contributed by atoms with E-state index < -0.39 is 6.03 Å². The minimum atomic E-state index is -0.627. The molecule has 7 heteroatoms. The number of carbonyl (C=O) groups is 2. The van der Waals surface area contributed by atoms with E-state index in [2.05, 4.69) is 10.6 Å². The highest BCUT2D eigenvalue weighted by molar-refractivity contribution is 5.77. The Kier molecular flexibility index (Phi) is 5.30. The lowest BCUT2D eigenvalue weighted by Crippen LogP contribution is -2.38. The molecule has 0 fully saturated rings. The van der Waals surface area contributed by atoms with Crippen molar-refractivity contribution in [2.45, 2.75) is 0 Å². The predicted molar refractivity (Wildman–Crippen MR) is 66.9 cm³/mol. The normalized spacial score (nSPS) is 9.56. The Balaban J connectivity index is 2.21. The van der Waals surface area contributed by atoms with E-state index in [9.17, 15) is 9.59 Å². The molecule has 0 unspecified atom stereocenters. The number of nitrogen functional groups attached to an aromatic ring is 1. The fourth-order valence-corrected chi connectivity index (χ4v) is 1.19. The molecule has 0 heterocycles. The number of anilines is 1. The van der Waals surface area contributed by atoms with Crippen LogP contribution in [-0.2, 0) is 4.79 Å². The smallest absolute Gasteiger partial charge is 0.312 e. The number of nitrogens with two attached hydrogens (primary N) is 2. The molecule has 1 rings (SSSR count). The molecule has 0 saturated carbocycles. The van der Waals surface area contributed by atoms with Crippen molar-refractivity contribution in [1.82, 2.24) is 10.6 Å². The molecule has 98 valence electrons. The summed E-state index contributed by atoms with van der Waals surface area (Å²) < 4.78 is 5.23. The van der Waals surface area contributed by atoms with E-state index in [-0.39, 0.29) is 25.6 Å². The summed E-state index contributed by atoms with van der Waals surface area (Å²) >= 11 is 0. The highest BCUT2D eigenvalue weighted by Crippen LogP contribution is 2.19. The highest BCUT2D eigenvalue weighted by atomic mass is 16.5. The summed E-state index contributed by atoms with van der Waals surface area (Å²) in [6.07, 6.45) is 0. The molecule has 0 aliphatic carbocycles. The number of nitrogens with one attached hydrogen (secondary N) is 2. The lowest BCUT2D eigenvalue weighted by atomic mass is 10.3. The van der Waals surface area contributed by atoms with Gasteiger partial charge in [-0.1, -0.05) is 12.1 Å². The summed E-state index contributed by atoms with van der Waals surface area (Å²) in [4.78, 5) is 21.7. The van der Waals surface area contributed by atoms with Gasteiger partial charge in [-0.2, -0.15) is 0 Å². The Morgan fingerprint density at radius 1 is 1.17 bits per heavy atom. The van der Waals surface area contributed by atoms with Crippen LogP contribution in [0.3, 0.4) is 0 Å². The van der Waals surface area contributed by atoms with Crippen LogP contribution >= 0.6 is 0 Å². The van der Waals surface area contributed by atoms with E-state index in [1.807, 2.05) is 0 Å². The Hall–Kier alpha value is -2.44. The summed E-state index contributed by atoms with van der Waals surface area (Å²) in [5.41, 5.74) is 11.0. The van der Waals surface area contributed by atoms with Gasteiger partial charge in [-0.3, -0.25) is 4.79 Å². The zero-order valence-corrected chi connectivity index (χ0v) is 9.81. The second-order valence-corrected chi connectivity index (χ2v) is 3.47. The van der Waals surface area contributed by atoms with Gasteiger partial charge in [0, 0.05) is 13.1 Å². The summed E-state index contributed by atoms with van der Waals surface area (Å²) in [5.74, 6) is 0.160. The number of primary amides is 1. The maximum Gasteiger partial charge on any atom is 0.312 e. The molecule has 0 atom stereocenters. The van der Waals surface area contributed by atoms with E-state index in [1.165, 1.54) is 0 Å². The molecule has 0 bridgehead atoms. The standard InChI is InChI=1S/C11H16N4O3/c12-8-3-1-2-4-9(8)18-7-10(16)14-5-6-15-11(13)17/h1-4H,5-7,12H2,(H,14,16)(H3,13,15,17). The number of hydrogen-bond donors (Lipinski definition) is 4. The van der Waals surface area contributed by atoms with Crippen molar-refractivity contribution in [1.29, 1.82) is 0 Å². The first kappa shape index (κ1) is 13.6. The van der Waals surface area contributed by atoms with Crippen molar-refractivity contribution in [3.05, 3.63) is 24.3 Å².